The number of nitrogens with zero attached hydrogens (tertiary/aromatic N) is 1. The molecule has 1 aromatic carbocycles. The Bertz CT molecular complexity index is 726. The molecular formula is C16H14N2O. The fourth-order valence-corrected chi connectivity index (χ4v) is 2.17. The first-order valence-corrected chi connectivity index (χ1v) is 6.25. The lowest BCUT2D eigenvalue weighted by atomic mass is 10.0. The van der Waals surface area contributed by atoms with Crippen molar-refractivity contribution in [3.8, 4) is 0 Å². The molecule has 0 aliphatic carbocycles. The van der Waals surface area contributed by atoms with Gasteiger partial charge in [0.1, 0.15) is 5.65 Å². The van der Waals surface area contributed by atoms with Gasteiger partial charge in [0.2, 0.25) is 0 Å². The normalized spacial score (nSPS) is 10.8. The Morgan fingerprint density at radius 2 is 2.00 bits per heavy atom. The maximum Gasteiger partial charge on any atom is 0.169 e. The lowest BCUT2D eigenvalue weighted by Crippen LogP contribution is -2.02. The monoisotopic (exact) mass is 250 g/mol. The van der Waals surface area contributed by atoms with Gasteiger partial charge in [-0.2, -0.15) is 0 Å². The molecule has 3 aromatic rings. The molecule has 2 aromatic heterocycles. The topological polar surface area (TPSA) is 45.8 Å². The van der Waals surface area contributed by atoms with Crippen molar-refractivity contribution < 1.29 is 4.79 Å². The largest absolute Gasteiger partial charge is 0.345 e. The molecule has 3 heteroatoms. The van der Waals surface area contributed by atoms with Gasteiger partial charge in [0.05, 0.1) is 0 Å². The zero-order valence-electron chi connectivity index (χ0n) is 10.7. The number of Topliss-reactive ketones (excluding diaryl/α,β-unsaturated/α-hetero) is 1. The van der Waals surface area contributed by atoms with Gasteiger partial charge in [-0.15, -0.1) is 0 Å². The van der Waals surface area contributed by atoms with Crippen molar-refractivity contribution in [3.05, 3.63) is 65.5 Å². The van der Waals surface area contributed by atoms with Crippen molar-refractivity contribution in [1.29, 1.82) is 0 Å². The SMILES string of the molecule is Cc1ccc(CC(=O)c2c[nH]c3ncccc23)cc1. The average molecular weight is 250 g/mol. The molecule has 3 nitrogen and oxygen atoms in total. The fourth-order valence-electron chi connectivity index (χ4n) is 2.17. The minimum Gasteiger partial charge on any atom is -0.345 e. The van der Waals surface area contributed by atoms with Crippen LogP contribution in [0.5, 0.6) is 0 Å². The van der Waals surface area contributed by atoms with E-state index in [2.05, 4.69) is 9.97 Å². The summed E-state index contributed by atoms with van der Waals surface area (Å²) in [6, 6.07) is 11.8. The second-order valence-corrected chi connectivity index (χ2v) is 4.69. The number of benzene rings is 1. The van der Waals surface area contributed by atoms with Crippen LogP contribution in [-0.2, 0) is 6.42 Å². The summed E-state index contributed by atoms with van der Waals surface area (Å²) in [5, 5.41) is 0.889. The zero-order valence-corrected chi connectivity index (χ0v) is 10.7. The van der Waals surface area contributed by atoms with E-state index in [0.29, 0.717) is 12.0 Å². The second-order valence-electron chi connectivity index (χ2n) is 4.69. The number of fused-ring (bicyclic) bond motifs is 1. The number of rotatable bonds is 3. The third-order valence-corrected chi connectivity index (χ3v) is 3.24. The summed E-state index contributed by atoms with van der Waals surface area (Å²) in [4.78, 5) is 19.6. The molecule has 0 saturated heterocycles. The molecule has 0 saturated carbocycles. The van der Waals surface area contributed by atoms with E-state index >= 15 is 0 Å². The maximum atomic E-state index is 12.3. The maximum absolute atomic E-state index is 12.3. The molecule has 3 rings (SSSR count). The highest BCUT2D eigenvalue weighted by Gasteiger charge is 2.12. The van der Waals surface area contributed by atoms with Gasteiger partial charge in [-0.05, 0) is 24.6 Å². The Morgan fingerprint density at radius 3 is 2.79 bits per heavy atom. The molecule has 1 N–H and O–H groups in total. The average Bonchev–Trinajstić information content (AvgIpc) is 2.85. The highest BCUT2D eigenvalue weighted by atomic mass is 16.1. The van der Waals surface area contributed by atoms with E-state index in [-0.39, 0.29) is 5.78 Å². The number of H-pyrrole nitrogens is 1. The van der Waals surface area contributed by atoms with Gasteiger partial charge < -0.3 is 4.98 Å². The van der Waals surface area contributed by atoms with Crippen LogP contribution in [0.4, 0.5) is 0 Å². The van der Waals surface area contributed by atoms with Gasteiger partial charge in [-0.3, -0.25) is 4.79 Å². The molecule has 0 aliphatic heterocycles. The molecule has 19 heavy (non-hydrogen) atoms. The molecule has 0 atom stereocenters. The Balaban J connectivity index is 1.90. The Hall–Kier alpha value is -2.42. The third kappa shape index (κ3) is 2.27. The predicted octanol–water partition coefficient (Wildman–Crippen LogP) is 3.30. The summed E-state index contributed by atoms with van der Waals surface area (Å²) in [6.45, 7) is 2.04. The molecular weight excluding hydrogens is 236 g/mol. The van der Waals surface area contributed by atoms with E-state index in [9.17, 15) is 4.79 Å². The third-order valence-electron chi connectivity index (χ3n) is 3.24. The Morgan fingerprint density at radius 1 is 1.21 bits per heavy atom. The minimum absolute atomic E-state index is 0.114. The van der Waals surface area contributed by atoms with E-state index in [0.717, 1.165) is 16.6 Å². The first-order valence-electron chi connectivity index (χ1n) is 6.25. The predicted molar refractivity (Wildman–Crippen MR) is 75.3 cm³/mol. The number of carbonyl (C=O) groups is 1. The number of ketones is 1. The molecule has 0 radical (unpaired) electrons. The number of hydrogen-bond donors (Lipinski definition) is 1. The summed E-state index contributed by atoms with van der Waals surface area (Å²) in [7, 11) is 0. The summed E-state index contributed by atoms with van der Waals surface area (Å²) in [6.07, 6.45) is 3.88. The zero-order chi connectivity index (χ0) is 13.2. The van der Waals surface area contributed by atoms with Crippen molar-refractivity contribution in [2.24, 2.45) is 0 Å². The van der Waals surface area contributed by atoms with Crippen molar-refractivity contribution >= 4 is 16.8 Å². The van der Waals surface area contributed by atoms with Crippen LogP contribution in [0.2, 0.25) is 0 Å². The van der Waals surface area contributed by atoms with Crippen molar-refractivity contribution in [2.45, 2.75) is 13.3 Å². The number of nitrogens with one attached hydrogen (secondary N) is 1. The number of aryl methyl sites for hydroxylation is 1. The lowest BCUT2D eigenvalue weighted by Gasteiger charge is -2.01. The second kappa shape index (κ2) is 4.69. The quantitative estimate of drug-likeness (QED) is 0.725. The van der Waals surface area contributed by atoms with Crippen molar-refractivity contribution in [2.75, 3.05) is 0 Å². The van der Waals surface area contributed by atoms with Crippen LogP contribution < -0.4 is 0 Å². The Labute approximate surface area is 111 Å². The molecule has 94 valence electrons. The number of aromatic nitrogens is 2. The Kier molecular flexibility index (Phi) is 2.88. The molecule has 0 spiro atoms. The first-order chi connectivity index (χ1) is 9.24. The van der Waals surface area contributed by atoms with Crippen LogP contribution in [0, 0.1) is 6.92 Å². The molecule has 0 unspecified atom stereocenters. The van der Waals surface area contributed by atoms with E-state index in [1.165, 1.54) is 5.56 Å². The van der Waals surface area contributed by atoms with E-state index < -0.39 is 0 Å². The highest BCUT2D eigenvalue weighted by Crippen LogP contribution is 2.18. The number of aromatic amines is 1. The highest BCUT2D eigenvalue weighted by molar-refractivity contribution is 6.07. The standard InChI is InChI=1S/C16H14N2O/c1-11-4-6-12(7-5-11)9-15(19)14-10-18-16-13(14)3-2-8-17-16/h2-8,10H,9H2,1H3,(H,17,18). The number of carbonyl (C=O) groups excluding carboxylic acids is 1. The smallest absolute Gasteiger partial charge is 0.169 e. The minimum atomic E-state index is 0.114. The number of hydrogen-bond acceptors (Lipinski definition) is 2. The molecule has 0 fully saturated rings. The van der Waals surface area contributed by atoms with Crippen LogP contribution in [-0.4, -0.2) is 15.8 Å². The van der Waals surface area contributed by atoms with Crippen LogP contribution in [0.25, 0.3) is 11.0 Å². The lowest BCUT2D eigenvalue weighted by molar-refractivity contribution is 0.0994. The molecule has 0 bridgehead atoms. The van der Waals surface area contributed by atoms with Gasteiger partial charge in [-0.1, -0.05) is 29.8 Å². The van der Waals surface area contributed by atoms with Gasteiger partial charge in [0, 0.05) is 29.8 Å². The summed E-state index contributed by atoms with van der Waals surface area (Å²) in [5.41, 5.74) is 3.71. The van der Waals surface area contributed by atoms with Crippen molar-refractivity contribution in [3.63, 3.8) is 0 Å². The van der Waals surface area contributed by atoms with Gasteiger partial charge in [-0.25, -0.2) is 4.98 Å². The molecule has 0 amide bonds. The summed E-state index contributed by atoms with van der Waals surface area (Å²) < 4.78 is 0. The molecule has 0 aliphatic rings. The molecule has 2 heterocycles. The van der Waals surface area contributed by atoms with Gasteiger partial charge in [0.25, 0.3) is 0 Å². The van der Waals surface area contributed by atoms with Crippen LogP contribution >= 0.6 is 0 Å². The fraction of sp³-hybridized carbons (Fsp3) is 0.125. The van der Waals surface area contributed by atoms with E-state index in [4.69, 9.17) is 0 Å². The van der Waals surface area contributed by atoms with E-state index in [1.807, 2.05) is 43.3 Å². The van der Waals surface area contributed by atoms with Crippen molar-refractivity contribution in [1.82, 2.24) is 9.97 Å². The van der Waals surface area contributed by atoms with Crippen LogP contribution in [0.1, 0.15) is 21.5 Å². The number of pyridine rings is 1. The first kappa shape index (κ1) is 11.7. The summed E-state index contributed by atoms with van der Waals surface area (Å²) >= 11 is 0. The summed E-state index contributed by atoms with van der Waals surface area (Å²) in [5.74, 6) is 0.114. The van der Waals surface area contributed by atoms with E-state index in [1.54, 1.807) is 12.4 Å². The van der Waals surface area contributed by atoms with Gasteiger partial charge >= 0.3 is 0 Å². The van der Waals surface area contributed by atoms with Crippen LogP contribution in [0.3, 0.4) is 0 Å². The van der Waals surface area contributed by atoms with Gasteiger partial charge in [0.15, 0.2) is 5.78 Å². The van der Waals surface area contributed by atoms with Crippen LogP contribution in [0.15, 0.2) is 48.8 Å².